The van der Waals surface area contributed by atoms with Crippen LogP contribution in [0.2, 0.25) is 0 Å². The lowest BCUT2D eigenvalue weighted by atomic mass is 9.97. The van der Waals surface area contributed by atoms with Gasteiger partial charge in [0.1, 0.15) is 0 Å². The predicted molar refractivity (Wildman–Crippen MR) is 127 cm³/mol. The molecule has 0 saturated heterocycles. The van der Waals surface area contributed by atoms with E-state index in [1.165, 1.54) is 0 Å². The second kappa shape index (κ2) is 10.8. The molecule has 0 unspecified atom stereocenters. The number of hydrogen-bond acceptors (Lipinski definition) is 1. The highest BCUT2D eigenvalue weighted by Crippen LogP contribution is 2.36. The van der Waals surface area contributed by atoms with Gasteiger partial charge in [-0.1, -0.05) is 54.6 Å². The Bertz CT molecular complexity index is 1330. The molecule has 0 amide bonds. The van der Waals surface area contributed by atoms with Gasteiger partial charge in [0.2, 0.25) is 0 Å². The van der Waals surface area contributed by atoms with Crippen LogP contribution in [0, 0.1) is 6.92 Å². The first-order chi connectivity index (χ1) is 17.5. The molecule has 0 saturated carbocycles. The zero-order valence-electron chi connectivity index (χ0n) is 19.9. The first-order valence-electron chi connectivity index (χ1n) is 11.5. The van der Waals surface area contributed by atoms with Gasteiger partial charge < -0.3 is 4.74 Å². The van der Waals surface area contributed by atoms with Crippen LogP contribution in [-0.4, -0.2) is 0 Å². The normalized spacial score (nSPS) is 12.1. The molecule has 0 bridgehead atoms. The molecule has 0 atom stereocenters. The Labute approximate surface area is 210 Å². The summed E-state index contributed by atoms with van der Waals surface area (Å²) in [6, 6.07) is 21.0. The van der Waals surface area contributed by atoms with Crippen LogP contribution in [0.25, 0.3) is 11.1 Å². The van der Waals surface area contributed by atoms with Crippen LogP contribution in [0.1, 0.15) is 33.4 Å². The molecule has 8 heteroatoms. The molecular weight excluding hydrogens is 492 g/mol. The van der Waals surface area contributed by atoms with Crippen LogP contribution in [0.3, 0.4) is 0 Å². The number of benzene rings is 3. The Morgan fingerprint density at radius 2 is 1.30 bits per heavy atom. The van der Waals surface area contributed by atoms with Crippen LogP contribution in [0.5, 0.6) is 0 Å². The highest BCUT2D eigenvalue weighted by Gasteiger charge is 2.36. The van der Waals surface area contributed by atoms with Gasteiger partial charge >= 0.3 is 12.4 Å². The van der Waals surface area contributed by atoms with Crippen LogP contribution < -0.4 is 4.57 Å². The number of ether oxygens (including phenoxy) is 1. The quantitative estimate of drug-likeness (QED) is 0.181. The number of alkyl halides is 6. The van der Waals surface area contributed by atoms with E-state index in [4.69, 9.17) is 4.74 Å². The summed E-state index contributed by atoms with van der Waals surface area (Å²) >= 11 is 0. The minimum Gasteiger partial charge on any atom is -0.372 e. The standard InChI is InChI=1S/C29H24F6NO/c1-20-7-5-6-10-26(20)27-11-12-36(16-21-8-3-2-4-9-21)17-23(27)19-37-18-22-13-24(28(30,31)32)15-25(14-22)29(33,34)35/h2-15,17H,16,18-19H2,1H3/q+1. The van der Waals surface area contributed by atoms with Crippen molar-refractivity contribution in [2.24, 2.45) is 0 Å². The summed E-state index contributed by atoms with van der Waals surface area (Å²) in [5.74, 6) is 0. The Hall–Kier alpha value is -3.65. The van der Waals surface area contributed by atoms with E-state index >= 15 is 0 Å². The van der Waals surface area contributed by atoms with Gasteiger partial charge in [-0.05, 0) is 47.4 Å². The van der Waals surface area contributed by atoms with E-state index in [2.05, 4.69) is 0 Å². The third kappa shape index (κ3) is 6.77. The van der Waals surface area contributed by atoms with E-state index in [1.54, 1.807) is 0 Å². The molecule has 0 aliphatic rings. The van der Waals surface area contributed by atoms with E-state index in [9.17, 15) is 26.3 Å². The topological polar surface area (TPSA) is 13.1 Å². The average Bonchev–Trinajstić information content (AvgIpc) is 2.84. The summed E-state index contributed by atoms with van der Waals surface area (Å²) in [6.45, 7) is 2.14. The molecule has 0 fully saturated rings. The summed E-state index contributed by atoms with van der Waals surface area (Å²) in [5, 5.41) is 0. The van der Waals surface area contributed by atoms with Crippen molar-refractivity contribution < 1.29 is 35.6 Å². The molecule has 0 aliphatic heterocycles. The van der Waals surface area contributed by atoms with Crippen molar-refractivity contribution in [1.29, 1.82) is 0 Å². The fraction of sp³-hybridized carbons (Fsp3) is 0.207. The molecule has 2 nitrogen and oxygen atoms in total. The monoisotopic (exact) mass is 516 g/mol. The molecule has 192 valence electrons. The van der Waals surface area contributed by atoms with Crippen LogP contribution >= 0.6 is 0 Å². The summed E-state index contributed by atoms with van der Waals surface area (Å²) in [6.07, 6.45) is -5.99. The fourth-order valence-corrected chi connectivity index (χ4v) is 4.12. The zero-order chi connectivity index (χ0) is 26.6. The van der Waals surface area contributed by atoms with Crippen molar-refractivity contribution in [3.8, 4) is 11.1 Å². The van der Waals surface area contributed by atoms with Crippen molar-refractivity contribution >= 4 is 0 Å². The van der Waals surface area contributed by atoms with Crippen LogP contribution in [0.15, 0.2) is 91.3 Å². The Balaban J connectivity index is 1.62. The SMILES string of the molecule is Cc1ccccc1-c1cc[n+](Cc2ccccc2)cc1COCc1cc(C(F)(F)F)cc(C(F)(F)F)c1. The van der Waals surface area contributed by atoms with Gasteiger partial charge in [-0.25, -0.2) is 4.57 Å². The summed E-state index contributed by atoms with van der Waals surface area (Å²) < 4.78 is 86.9. The average molecular weight is 517 g/mol. The van der Waals surface area contributed by atoms with E-state index < -0.39 is 30.1 Å². The molecular formula is C29H24F6NO+. The fourth-order valence-electron chi connectivity index (χ4n) is 4.12. The van der Waals surface area contributed by atoms with Gasteiger partial charge in [0, 0.05) is 17.2 Å². The van der Waals surface area contributed by atoms with Gasteiger partial charge in [0.15, 0.2) is 18.9 Å². The Kier molecular flexibility index (Phi) is 7.68. The first kappa shape index (κ1) is 26.4. The number of hydrogen-bond donors (Lipinski definition) is 0. The molecule has 0 aliphatic carbocycles. The number of halogens is 6. The second-order valence-electron chi connectivity index (χ2n) is 8.76. The van der Waals surface area contributed by atoms with Crippen molar-refractivity contribution in [2.45, 2.75) is 39.0 Å². The van der Waals surface area contributed by atoms with Crippen LogP contribution in [-0.2, 0) is 36.8 Å². The van der Waals surface area contributed by atoms with Crippen molar-refractivity contribution in [3.63, 3.8) is 0 Å². The van der Waals surface area contributed by atoms with E-state index in [0.717, 1.165) is 27.8 Å². The highest BCUT2D eigenvalue weighted by atomic mass is 19.4. The molecule has 4 aromatic rings. The van der Waals surface area contributed by atoms with Crippen molar-refractivity contribution in [1.82, 2.24) is 0 Å². The highest BCUT2D eigenvalue weighted by molar-refractivity contribution is 5.69. The summed E-state index contributed by atoms with van der Waals surface area (Å²) in [4.78, 5) is 0. The molecule has 0 radical (unpaired) electrons. The molecule has 0 spiro atoms. The number of aromatic nitrogens is 1. The maximum absolute atomic E-state index is 13.2. The molecule has 1 aromatic heterocycles. The maximum Gasteiger partial charge on any atom is 0.416 e. The Morgan fingerprint density at radius 3 is 1.92 bits per heavy atom. The number of rotatable bonds is 7. The second-order valence-corrected chi connectivity index (χ2v) is 8.76. The number of nitrogens with zero attached hydrogens (tertiary/aromatic N) is 1. The third-order valence-corrected chi connectivity index (χ3v) is 5.92. The summed E-state index contributed by atoms with van der Waals surface area (Å²) in [7, 11) is 0. The largest absolute Gasteiger partial charge is 0.416 e. The minimum absolute atomic E-state index is 0.00308. The van der Waals surface area contributed by atoms with Crippen molar-refractivity contribution in [2.75, 3.05) is 0 Å². The first-order valence-corrected chi connectivity index (χ1v) is 11.5. The number of pyridine rings is 1. The molecule has 4 rings (SSSR count). The van der Waals surface area contributed by atoms with Gasteiger partial charge in [-0.3, -0.25) is 0 Å². The molecule has 3 aromatic carbocycles. The lowest BCUT2D eigenvalue weighted by Crippen LogP contribution is -2.34. The Morgan fingerprint density at radius 1 is 0.676 bits per heavy atom. The predicted octanol–water partition coefficient (Wildman–Crippen LogP) is 7.75. The van der Waals surface area contributed by atoms with Gasteiger partial charge in [0.25, 0.3) is 0 Å². The smallest absolute Gasteiger partial charge is 0.372 e. The summed E-state index contributed by atoms with van der Waals surface area (Å²) in [5.41, 5.74) is 1.78. The van der Waals surface area contributed by atoms with E-state index in [-0.39, 0.29) is 18.2 Å². The van der Waals surface area contributed by atoms with Crippen molar-refractivity contribution in [3.05, 3.63) is 125 Å². The lowest BCUT2D eigenvalue weighted by Gasteiger charge is -2.15. The molecule has 1 heterocycles. The lowest BCUT2D eigenvalue weighted by molar-refractivity contribution is -0.688. The third-order valence-electron chi connectivity index (χ3n) is 5.92. The van der Waals surface area contributed by atoms with Gasteiger partial charge in [-0.15, -0.1) is 0 Å². The van der Waals surface area contributed by atoms with E-state index in [1.807, 2.05) is 84.5 Å². The van der Waals surface area contributed by atoms with Gasteiger partial charge in [-0.2, -0.15) is 26.3 Å². The van der Waals surface area contributed by atoms with Crippen LogP contribution in [0.4, 0.5) is 26.3 Å². The number of aryl methyl sites for hydroxylation is 1. The zero-order valence-corrected chi connectivity index (χ0v) is 19.9. The minimum atomic E-state index is -4.91. The van der Waals surface area contributed by atoms with E-state index in [0.29, 0.717) is 18.7 Å². The molecule has 37 heavy (non-hydrogen) atoms. The maximum atomic E-state index is 13.2. The molecule has 0 N–H and O–H groups in total. The van der Waals surface area contributed by atoms with Gasteiger partial charge in [0.05, 0.1) is 24.3 Å².